The summed E-state index contributed by atoms with van der Waals surface area (Å²) < 4.78 is 5.07. The normalized spacial score (nSPS) is 10.5. The highest BCUT2D eigenvalue weighted by Crippen LogP contribution is 2.15. The standard InChI is InChI=1S/C14H17N3O2/c1-9-8-12(6-7-15-9)16-14(18)5-4-13-10(2)17-19-11(13)3/h6-8H,4-5H2,1-3H3,(H,15,16,18). The molecule has 0 radical (unpaired) electrons. The molecule has 0 aromatic carbocycles. The molecule has 0 bridgehead atoms. The van der Waals surface area contributed by atoms with Gasteiger partial charge in [0.25, 0.3) is 0 Å². The average Bonchev–Trinajstić information content (AvgIpc) is 2.67. The number of carbonyl (C=O) groups excluding carboxylic acids is 1. The fraction of sp³-hybridized carbons (Fsp3) is 0.357. The summed E-state index contributed by atoms with van der Waals surface area (Å²) in [6.07, 6.45) is 2.72. The summed E-state index contributed by atoms with van der Waals surface area (Å²) >= 11 is 0. The summed E-state index contributed by atoms with van der Waals surface area (Å²) in [6, 6.07) is 3.62. The first-order valence-corrected chi connectivity index (χ1v) is 6.20. The minimum Gasteiger partial charge on any atom is -0.361 e. The van der Waals surface area contributed by atoms with Gasteiger partial charge in [0.1, 0.15) is 5.76 Å². The largest absolute Gasteiger partial charge is 0.361 e. The fourth-order valence-corrected chi connectivity index (χ4v) is 1.94. The molecule has 2 heterocycles. The quantitative estimate of drug-likeness (QED) is 0.916. The van der Waals surface area contributed by atoms with E-state index in [1.807, 2.05) is 26.8 Å². The van der Waals surface area contributed by atoms with Crippen molar-refractivity contribution < 1.29 is 9.32 Å². The molecule has 0 unspecified atom stereocenters. The van der Waals surface area contributed by atoms with E-state index in [0.29, 0.717) is 12.8 Å². The molecule has 0 saturated heterocycles. The molecule has 0 aliphatic rings. The molecule has 2 aromatic heterocycles. The number of hydrogen-bond donors (Lipinski definition) is 1. The van der Waals surface area contributed by atoms with E-state index in [4.69, 9.17) is 4.52 Å². The van der Waals surface area contributed by atoms with Crippen LogP contribution >= 0.6 is 0 Å². The first kappa shape index (κ1) is 13.3. The number of nitrogens with zero attached hydrogens (tertiary/aromatic N) is 2. The van der Waals surface area contributed by atoms with E-state index in [2.05, 4.69) is 15.5 Å². The number of nitrogens with one attached hydrogen (secondary N) is 1. The highest BCUT2D eigenvalue weighted by molar-refractivity contribution is 5.90. The molecule has 0 fully saturated rings. The van der Waals surface area contributed by atoms with Crippen molar-refractivity contribution >= 4 is 11.6 Å². The van der Waals surface area contributed by atoms with Crippen LogP contribution in [0.3, 0.4) is 0 Å². The fourth-order valence-electron chi connectivity index (χ4n) is 1.94. The van der Waals surface area contributed by atoms with E-state index in [0.717, 1.165) is 28.4 Å². The molecule has 0 spiro atoms. The van der Waals surface area contributed by atoms with E-state index in [1.165, 1.54) is 0 Å². The molecule has 100 valence electrons. The second kappa shape index (κ2) is 5.65. The molecule has 1 N–H and O–H groups in total. The molecule has 0 aliphatic heterocycles. The third-order valence-electron chi connectivity index (χ3n) is 2.96. The first-order valence-electron chi connectivity index (χ1n) is 6.20. The van der Waals surface area contributed by atoms with E-state index in [9.17, 15) is 4.79 Å². The van der Waals surface area contributed by atoms with Gasteiger partial charge in [-0.2, -0.15) is 0 Å². The van der Waals surface area contributed by atoms with Gasteiger partial charge in [-0.05, 0) is 39.3 Å². The Kier molecular flexibility index (Phi) is 3.94. The van der Waals surface area contributed by atoms with Crippen molar-refractivity contribution in [1.29, 1.82) is 0 Å². The lowest BCUT2D eigenvalue weighted by Crippen LogP contribution is -2.12. The second-order valence-electron chi connectivity index (χ2n) is 4.54. The Morgan fingerprint density at radius 1 is 1.37 bits per heavy atom. The summed E-state index contributed by atoms with van der Waals surface area (Å²) in [5.41, 5.74) is 3.52. The van der Waals surface area contributed by atoms with Crippen molar-refractivity contribution in [3.8, 4) is 0 Å². The topological polar surface area (TPSA) is 68.0 Å². The maximum Gasteiger partial charge on any atom is 0.224 e. The number of anilines is 1. The molecule has 19 heavy (non-hydrogen) atoms. The number of aryl methyl sites for hydroxylation is 3. The number of pyridine rings is 1. The monoisotopic (exact) mass is 259 g/mol. The number of amides is 1. The van der Waals surface area contributed by atoms with Gasteiger partial charge in [0.05, 0.1) is 5.69 Å². The summed E-state index contributed by atoms with van der Waals surface area (Å²) in [5.74, 6) is 0.760. The number of hydrogen-bond acceptors (Lipinski definition) is 4. The summed E-state index contributed by atoms with van der Waals surface area (Å²) in [6.45, 7) is 5.63. The second-order valence-corrected chi connectivity index (χ2v) is 4.54. The lowest BCUT2D eigenvalue weighted by Gasteiger charge is -2.05. The van der Waals surface area contributed by atoms with Crippen LogP contribution in [0.1, 0.15) is 29.1 Å². The van der Waals surface area contributed by atoms with Crippen LogP contribution in [-0.4, -0.2) is 16.0 Å². The Bertz CT molecular complexity index is 571. The van der Waals surface area contributed by atoms with E-state index in [-0.39, 0.29) is 5.91 Å². The number of carbonyl (C=O) groups is 1. The summed E-state index contributed by atoms with van der Waals surface area (Å²) in [5, 5.41) is 6.73. The van der Waals surface area contributed by atoms with Gasteiger partial charge in [-0.25, -0.2) is 0 Å². The summed E-state index contributed by atoms with van der Waals surface area (Å²) in [7, 11) is 0. The van der Waals surface area contributed by atoms with E-state index >= 15 is 0 Å². The molecular weight excluding hydrogens is 242 g/mol. The Labute approximate surface area is 112 Å². The van der Waals surface area contributed by atoms with Gasteiger partial charge in [-0.15, -0.1) is 0 Å². The molecule has 0 atom stereocenters. The van der Waals surface area contributed by atoms with Crippen molar-refractivity contribution in [1.82, 2.24) is 10.1 Å². The SMILES string of the molecule is Cc1cc(NC(=O)CCc2c(C)noc2C)ccn1. The predicted molar refractivity (Wildman–Crippen MR) is 71.9 cm³/mol. The van der Waals surface area contributed by atoms with Crippen molar-refractivity contribution in [2.75, 3.05) is 5.32 Å². The van der Waals surface area contributed by atoms with Crippen molar-refractivity contribution in [3.63, 3.8) is 0 Å². The van der Waals surface area contributed by atoms with Gasteiger partial charge in [-0.1, -0.05) is 5.16 Å². The smallest absolute Gasteiger partial charge is 0.224 e. The van der Waals surface area contributed by atoms with Crippen molar-refractivity contribution in [2.24, 2.45) is 0 Å². The highest BCUT2D eigenvalue weighted by atomic mass is 16.5. The van der Waals surface area contributed by atoms with Gasteiger partial charge in [-0.3, -0.25) is 9.78 Å². The zero-order valence-corrected chi connectivity index (χ0v) is 11.4. The maximum atomic E-state index is 11.9. The van der Waals surface area contributed by atoms with Gasteiger partial charge in [0, 0.05) is 29.6 Å². The highest BCUT2D eigenvalue weighted by Gasteiger charge is 2.11. The lowest BCUT2D eigenvalue weighted by molar-refractivity contribution is -0.116. The molecular formula is C14H17N3O2. The number of rotatable bonds is 4. The van der Waals surface area contributed by atoms with Crippen LogP contribution in [0.4, 0.5) is 5.69 Å². The Morgan fingerprint density at radius 2 is 2.16 bits per heavy atom. The molecule has 0 saturated carbocycles. The van der Waals surface area contributed by atoms with E-state index in [1.54, 1.807) is 12.3 Å². The van der Waals surface area contributed by atoms with Gasteiger partial charge in [0.2, 0.25) is 5.91 Å². The Balaban J connectivity index is 1.92. The van der Waals surface area contributed by atoms with Gasteiger partial charge in [0.15, 0.2) is 0 Å². The van der Waals surface area contributed by atoms with Crippen LogP contribution in [0.25, 0.3) is 0 Å². The average molecular weight is 259 g/mol. The van der Waals surface area contributed by atoms with Crippen LogP contribution in [0.5, 0.6) is 0 Å². The Hall–Kier alpha value is -2.17. The van der Waals surface area contributed by atoms with Crippen molar-refractivity contribution in [2.45, 2.75) is 33.6 Å². The molecule has 5 heteroatoms. The van der Waals surface area contributed by atoms with Gasteiger partial charge >= 0.3 is 0 Å². The van der Waals surface area contributed by atoms with Gasteiger partial charge < -0.3 is 9.84 Å². The molecule has 5 nitrogen and oxygen atoms in total. The maximum absolute atomic E-state index is 11.9. The third-order valence-corrected chi connectivity index (χ3v) is 2.96. The first-order chi connectivity index (χ1) is 9.06. The molecule has 0 aliphatic carbocycles. The lowest BCUT2D eigenvalue weighted by atomic mass is 10.1. The molecule has 2 rings (SSSR count). The van der Waals surface area contributed by atoms with E-state index < -0.39 is 0 Å². The van der Waals surface area contributed by atoms with Crippen LogP contribution in [-0.2, 0) is 11.2 Å². The van der Waals surface area contributed by atoms with Crippen LogP contribution < -0.4 is 5.32 Å². The van der Waals surface area contributed by atoms with Crippen LogP contribution in [0.2, 0.25) is 0 Å². The number of aromatic nitrogens is 2. The Morgan fingerprint density at radius 3 is 2.79 bits per heavy atom. The third kappa shape index (κ3) is 3.40. The zero-order chi connectivity index (χ0) is 13.8. The van der Waals surface area contributed by atoms with Crippen LogP contribution in [0, 0.1) is 20.8 Å². The van der Waals surface area contributed by atoms with Crippen LogP contribution in [0.15, 0.2) is 22.9 Å². The summed E-state index contributed by atoms with van der Waals surface area (Å²) in [4.78, 5) is 15.9. The van der Waals surface area contributed by atoms with Crippen molar-refractivity contribution in [3.05, 3.63) is 41.0 Å². The molecule has 2 aromatic rings. The molecule has 1 amide bonds. The predicted octanol–water partition coefficient (Wildman–Crippen LogP) is 2.57. The minimum atomic E-state index is -0.0226. The minimum absolute atomic E-state index is 0.0226. The zero-order valence-electron chi connectivity index (χ0n) is 11.4.